The van der Waals surface area contributed by atoms with Crippen LogP contribution in [0.25, 0.3) is 0 Å². The summed E-state index contributed by atoms with van der Waals surface area (Å²) < 4.78 is 0. The maximum atomic E-state index is 6.12. The molecule has 166 valence electrons. The van der Waals surface area contributed by atoms with Crippen LogP contribution >= 0.6 is 0 Å². The molecule has 9 atom stereocenters. The van der Waals surface area contributed by atoms with Crippen LogP contribution in [-0.2, 0) is 0 Å². The fourth-order valence-electron chi connectivity index (χ4n) is 8.96. The third kappa shape index (κ3) is 3.95. The Labute approximate surface area is 179 Å². The number of hydrogen-bond donors (Lipinski definition) is 2. The largest absolute Gasteiger partial charge is 0.386 e. The van der Waals surface area contributed by atoms with Gasteiger partial charge in [-0.15, -0.1) is 5.10 Å². The molecule has 4 heteroatoms. The first kappa shape index (κ1) is 21.5. The number of hydrazine groups is 1. The standard InChI is InChI=1S/C25H46N4/c1-5-18-6-8-20-19(14-18)7-9-22-21(20)12-13-25(4)23(10-11-24(22)25)16(2)15-29(27)28-17(3)26/h16,18-24H,5-15,27H2,1-4H3,(H2,26,28)/t16-,18+,19?,20+,21?,22?,23?,24?,25-/m1/s1. The van der Waals surface area contributed by atoms with Gasteiger partial charge in [-0.1, -0.05) is 33.6 Å². The molecule has 4 saturated carbocycles. The monoisotopic (exact) mass is 402 g/mol. The lowest BCUT2D eigenvalue weighted by atomic mass is 9.48. The highest BCUT2D eigenvalue weighted by Crippen LogP contribution is 2.65. The first-order chi connectivity index (χ1) is 13.8. The van der Waals surface area contributed by atoms with Gasteiger partial charge in [0.25, 0.3) is 0 Å². The number of nitrogens with two attached hydrogens (primary N) is 2. The summed E-state index contributed by atoms with van der Waals surface area (Å²) in [7, 11) is 0. The van der Waals surface area contributed by atoms with E-state index in [9.17, 15) is 0 Å². The first-order valence-electron chi connectivity index (χ1n) is 12.7. The molecule has 4 N–H and O–H groups in total. The lowest BCUT2D eigenvalue weighted by Crippen LogP contribution is -2.49. The van der Waals surface area contributed by atoms with Crippen LogP contribution in [0, 0.1) is 52.8 Å². The fourth-order valence-corrected chi connectivity index (χ4v) is 8.96. The minimum atomic E-state index is 0.510. The zero-order valence-electron chi connectivity index (χ0n) is 19.4. The number of amidine groups is 1. The topological polar surface area (TPSA) is 67.6 Å². The molecule has 29 heavy (non-hydrogen) atoms. The summed E-state index contributed by atoms with van der Waals surface area (Å²) in [5.74, 6) is 14.1. The molecule has 0 saturated heterocycles. The molecule has 0 aliphatic heterocycles. The van der Waals surface area contributed by atoms with E-state index in [4.69, 9.17) is 11.6 Å². The van der Waals surface area contributed by atoms with Gasteiger partial charge in [0.1, 0.15) is 5.84 Å². The molecule has 4 aliphatic rings. The van der Waals surface area contributed by atoms with Crippen molar-refractivity contribution in [2.24, 2.45) is 69.4 Å². The second-order valence-corrected chi connectivity index (χ2v) is 11.6. The maximum absolute atomic E-state index is 6.12. The van der Waals surface area contributed by atoms with E-state index in [0.29, 0.717) is 17.2 Å². The number of rotatable bonds is 5. The van der Waals surface area contributed by atoms with Crippen molar-refractivity contribution in [2.75, 3.05) is 6.54 Å². The van der Waals surface area contributed by atoms with Gasteiger partial charge in [-0.2, -0.15) is 0 Å². The summed E-state index contributed by atoms with van der Waals surface area (Å²) in [6.45, 7) is 10.1. The second kappa shape index (κ2) is 8.40. The number of nitrogens with zero attached hydrogens (tertiary/aromatic N) is 2. The van der Waals surface area contributed by atoms with Gasteiger partial charge in [0.05, 0.1) is 6.54 Å². The van der Waals surface area contributed by atoms with Crippen molar-refractivity contribution in [3.63, 3.8) is 0 Å². The predicted molar refractivity (Wildman–Crippen MR) is 122 cm³/mol. The van der Waals surface area contributed by atoms with Gasteiger partial charge in [0.15, 0.2) is 0 Å². The summed E-state index contributed by atoms with van der Waals surface area (Å²) in [6.07, 6.45) is 14.8. The molecular formula is C25H46N4. The molecule has 0 radical (unpaired) electrons. The molecule has 0 spiro atoms. The van der Waals surface area contributed by atoms with E-state index in [0.717, 1.165) is 48.0 Å². The Bertz CT molecular complexity index is 600. The Hall–Kier alpha value is -0.770. The average Bonchev–Trinajstić information content (AvgIpc) is 3.03. The van der Waals surface area contributed by atoms with Crippen molar-refractivity contribution in [1.29, 1.82) is 0 Å². The zero-order chi connectivity index (χ0) is 20.8. The molecule has 4 rings (SSSR count). The Kier molecular flexibility index (Phi) is 6.22. The molecule has 0 amide bonds. The summed E-state index contributed by atoms with van der Waals surface area (Å²) in [5, 5.41) is 5.83. The van der Waals surface area contributed by atoms with Gasteiger partial charge in [-0.25, -0.2) is 11.0 Å². The Balaban J connectivity index is 1.44. The molecule has 0 heterocycles. The number of fused-ring (bicyclic) bond motifs is 5. The van der Waals surface area contributed by atoms with E-state index in [-0.39, 0.29) is 0 Å². The van der Waals surface area contributed by atoms with E-state index < -0.39 is 0 Å². The van der Waals surface area contributed by atoms with E-state index >= 15 is 0 Å². The van der Waals surface area contributed by atoms with Gasteiger partial charge in [-0.3, -0.25) is 0 Å². The third-order valence-electron chi connectivity index (χ3n) is 10.2. The lowest BCUT2D eigenvalue weighted by Gasteiger charge is -2.57. The summed E-state index contributed by atoms with van der Waals surface area (Å²) >= 11 is 0. The van der Waals surface area contributed by atoms with Crippen molar-refractivity contribution in [1.82, 2.24) is 5.12 Å². The molecule has 4 fully saturated rings. The Morgan fingerprint density at radius 3 is 2.55 bits per heavy atom. The van der Waals surface area contributed by atoms with Gasteiger partial charge >= 0.3 is 0 Å². The highest BCUT2D eigenvalue weighted by Gasteiger charge is 2.57. The molecule has 0 aromatic rings. The molecule has 0 aromatic carbocycles. The summed E-state index contributed by atoms with van der Waals surface area (Å²) in [6, 6.07) is 0. The SMILES string of the molecule is CC[C@H]1CC[C@H]2C(CCC3C2CC[C@@]2(C)C3CCC2[C@H](C)CN(N)/N=C(/C)N)C1. The minimum absolute atomic E-state index is 0.510. The summed E-state index contributed by atoms with van der Waals surface area (Å²) in [5.41, 5.74) is 6.24. The molecule has 0 bridgehead atoms. The zero-order valence-corrected chi connectivity index (χ0v) is 19.4. The predicted octanol–water partition coefficient (Wildman–Crippen LogP) is 5.39. The Morgan fingerprint density at radius 1 is 1.07 bits per heavy atom. The second-order valence-electron chi connectivity index (χ2n) is 11.6. The van der Waals surface area contributed by atoms with Gasteiger partial charge < -0.3 is 5.73 Å². The van der Waals surface area contributed by atoms with Gasteiger partial charge in [0, 0.05) is 0 Å². The van der Waals surface area contributed by atoms with E-state index in [1.807, 2.05) is 6.92 Å². The summed E-state index contributed by atoms with van der Waals surface area (Å²) in [4.78, 5) is 0. The fraction of sp³-hybridized carbons (Fsp3) is 0.960. The van der Waals surface area contributed by atoms with Crippen molar-refractivity contribution in [3.05, 3.63) is 0 Å². The van der Waals surface area contributed by atoms with Crippen molar-refractivity contribution >= 4 is 5.84 Å². The Morgan fingerprint density at radius 2 is 1.83 bits per heavy atom. The van der Waals surface area contributed by atoms with Crippen molar-refractivity contribution in [2.45, 2.75) is 91.9 Å². The normalized spacial score (nSPS) is 45.8. The molecule has 4 nitrogen and oxygen atoms in total. The van der Waals surface area contributed by atoms with Crippen molar-refractivity contribution < 1.29 is 0 Å². The molecule has 5 unspecified atom stereocenters. The molecule has 4 aliphatic carbocycles. The lowest BCUT2D eigenvalue weighted by molar-refractivity contribution is -0.0751. The van der Waals surface area contributed by atoms with Gasteiger partial charge in [-0.05, 0) is 111 Å². The number of hydrazone groups is 1. The smallest absolute Gasteiger partial charge is 0.118 e. The van der Waals surface area contributed by atoms with E-state index in [1.54, 1.807) is 11.5 Å². The highest BCUT2D eigenvalue weighted by molar-refractivity contribution is 5.77. The average molecular weight is 403 g/mol. The van der Waals surface area contributed by atoms with E-state index in [1.165, 1.54) is 57.8 Å². The maximum Gasteiger partial charge on any atom is 0.118 e. The number of hydrogen-bond acceptors (Lipinski definition) is 3. The van der Waals surface area contributed by atoms with Crippen LogP contribution in [0.3, 0.4) is 0 Å². The van der Waals surface area contributed by atoms with Crippen LogP contribution in [0.2, 0.25) is 0 Å². The van der Waals surface area contributed by atoms with Crippen molar-refractivity contribution in [3.8, 4) is 0 Å². The first-order valence-corrected chi connectivity index (χ1v) is 12.7. The van der Waals surface area contributed by atoms with Crippen LogP contribution in [0.15, 0.2) is 5.10 Å². The van der Waals surface area contributed by atoms with Crippen LogP contribution in [0.5, 0.6) is 0 Å². The van der Waals surface area contributed by atoms with Crippen LogP contribution in [0.4, 0.5) is 0 Å². The van der Waals surface area contributed by atoms with Crippen LogP contribution in [0.1, 0.15) is 91.9 Å². The van der Waals surface area contributed by atoms with E-state index in [2.05, 4.69) is 25.9 Å². The quantitative estimate of drug-likeness (QED) is 0.280. The molecular weight excluding hydrogens is 356 g/mol. The minimum Gasteiger partial charge on any atom is -0.386 e. The third-order valence-corrected chi connectivity index (χ3v) is 10.2. The molecule has 0 aromatic heterocycles. The van der Waals surface area contributed by atoms with Crippen LogP contribution < -0.4 is 11.6 Å². The van der Waals surface area contributed by atoms with Crippen LogP contribution in [-0.4, -0.2) is 17.5 Å². The van der Waals surface area contributed by atoms with Gasteiger partial charge in [0.2, 0.25) is 0 Å². The highest BCUT2D eigenvalue weighted by atomic mass is 15.6.